The molecule has 0 radical (unpaired) electrons. The van der Waals surface area contributed by atoms with Gasteiger partial charge in [0.2, 0.25) is 5.91 Å². The van der Waals surface area contributed by atoms with Crippen LogP contribution in [-0.4, -0.2) is 23.3 Å². The summed E-state index contributed by atoms with van der Waals surface area (Å²) in [5.41, 5.74) is 2.54. The first kappa shape index (κ1) is 19.3. The maximum Gasteiger partial charge on any atom is 0.225 e. The fourth-order valence-corrected chi connectivity index (χ4v) is 2.76. The van der Waals surface area contributed by atoms with Crippen LogP contribution in [0.25, 0.3) is 11.1 Å². The van der Waals surface area contributed by atoms with E-state index in [9.17, 15) is 9.59 Å². The number of ketones is 1. The van der Waals surface area contributed by atoms with Crippen molar-refractivity contribution >= 4 is 17.5 Å². The SMILES string of the molecule is CC(=O)c1ccc(OCCCC(=O)Nc2ncccc2-c2ccccc2)cc1. The molecule has 0 aliphatic carbocycles. The Hall–Kier alpha value is -3.47. The fourth-order valence-electron chi connectivity index (χ4n) is 2.76. The zero-order chi connectivity index (χ0) is 19.8. The minimum atomic E-state index is -0.105. The highest BCUT2D eigenvalue weighted by Crippen LogP contribution is 2.25. The van der Waals surface area contributed by atoms with Crippen molar-refractivity contribution in [1.82, 2.24) is 4.98 Å². The van der Waals surface area contributed by atoms with Gasteiger partial charge in [-0.05, 0) is 55.3 Å². The van der Waals surface area contributed by atoms with E-state index in [4.69, 9.17) is 4.74 Å². The van der Waals surface area contributed by atoms with Gasteiger partial charge in [-0.15, -0.1) is 0 Å². The molecule has 3 rings (SSSR count). The van der Waals surface area contributed by atoms with Crippen molar-refractivity contribution in [2.45, 2.75) is 19.8 Å². The number of ether oxygens (including phenoxy) is 1. The zero-order valence-corrected chi connectivity index (χ0v) is 15.7. The molecule has 5 nitrogen and oxygen atoms in total. The molecule has 0 fully saturated rings. The molecular formula is C23H22N2O3. The van der Waals surface area contributed by atoms with Crippen LogP contribution in [0.2, 0.25) is 0 Å². The van der Waals surface area contributed by atoms with E-state index < -0.39 is 0 Å². The van der Waals surface area contributed by atoms with E-state index >= 15 is 0 Å². The summed E-state index contributed by atoms with van der Waals surface area (Å²) in [4.78, 5) is 27.9. The standard InChI is InChI=1S/C23H22N2O3/c1-17(26)18-11-13-20(14-12-18)28-16-6-10-22(27)25-23-21(9-5-15-24-23)19-7-3-2-4-8-19/h2-5,7-9,11-15H,6,10,16H2,1H3,(H,24,25,27). The highest BCUT2D eigenvalue weighted by molar-refractivity contribution is 5.94. The summed E-state index contributed by atoms with van der Waals surface area (Å²) in [6, 6.07) is 20.6. The number of carbonyl (C=O) groups is 2. The molecule has 28 heavy (non-hydrogen) atoms. The van der Waals surface area contributed by atoms with Crippen LogP contribution in [0, 0.1) is 0 Å². The molecule has 0 saturated carbocycles. The van der Waals surface area contributed by atoms with Crippen molar-refractivity contribution < 1.29 is 14.3 Å². The molecule has 1 aromatic heterocycles. The average molecular weight is 374 g/mol. The van der Waals surface area contributed by atoms with Crippen LogP contribution in [0.5, 0.6) is 5.75 Å². The number of nitrogens with zero attached hydrogens (tertiary/aromatic N) is 1. The van der Waals surface area contributed by atoms with E-state index in [1.807, 2.05) is 42.5 Å². The molecule has 1 amide bonds. The maximum atomic E-state index is 12.3. The van der Waals surface area contributed by atoms with Crippen LogP contribution < -0.4 is 10.1 Å². The number of amides is 1. The van der Waals surface area contributed by atoms with E-state index in [0.29, 0.717) is 36.6 Å². The van der Waals surface area contributed by atoms with E-state index in [-0.39, 0.29) is 11.7 Å². The third-order valence-corrected chi connectivity index (χ3v) is 4.23. The Labute approximate surface area is 164 Å². The number of rotatable bonds is 8. The van der Waals surface area contributed by atoms with Crippen LogP contribution in [-0.2, 0) is 4.79 Å². The second kappa shape index (κ2) is 9.46. The summed E-state index contributed by atoms with van der Waals surface area (Å²) < 4.78 is 5.63. The van der Waals surface area contributed by atoms with Gasteiger partial charge in [0.25, 0.3) is 0 Å². The van der Waals surface area contributed by atoms with Crippen molar-refractivity contribution in [1.29, 1.82) is 0 Å². The van der Waals surface area contributed by atoms with Crippen molar-refractivity contribution in [3.8, 4) is 16.9 Å². The van der Waals surface area contributed by atoms with Gasteiger partial charge in [-0.1, -0.05) is 30.3 Å². The molecule has 2 aromatic carbocycles. The number of nitrogens with one attached hydrogen (secondary N) is 1. The summed E-state index contributed by atoms with van der Waals surface area (Å²) in [7, 11) is 0. The maximum absolute atomic E-state index is 12.3. The molecule has 1 heterocycles. The number of anilines is 1. The molecule has 3 aromatic rings. The Kier molecular flexibility index (Phi) is 6.52. The van der Waals surface area contributed by atoms with Crippen LogP contribution in [0.15, 0.2) is 72.9 Å². The van der Waals surface area contributed by atoms with E-state index in [1.54, 1.807) is 30.5 Å². The Balaban J connectivity index is 1.49. The second-order valence-electron chi connectivity index (χ2n) is 6.35. The van der Waals surface area contributed by atoms with Gasteiger partial charge >= 0.3 is 0 Å². The molecule has 0 spiro atoms. The average Bonchev–Trinajstić information content (AvgIpc) is 2.72. The van der Waals surface area contributed by atoms with Gasteiger partial charge in [-0.3, -0.25) is 9.59 Å². The number of carbonyl (C=O) groups excluding carboxylic acids is 2. The first-order valence-electron chi connectivity index (χ1n) is 9.17. The van der Waals surface area contributed by atoms with Crippen LogP contribution in [0.4, 0.5) is 5.82 Å². The Bertz CT molecular complexity index is 938. The summed E-state index contributed by atoms with van der Waals surface area (Å²) in [6.45, 7) is 1.94. The summed E-state index contributed by atoms with van der Waals surface area (Å²) in [5, 5.41) is 2.88. The third kappa shape index (κ3) is 5.27. The van der Waals surface area contributed by atoms with Crippen molar-refractivity contribution in [2.75, 3.05) is 11.9 Å². The van der Waals surface area contributed by atoms with Gasteiger partial charge in [0, 0.05) is 23.7 Å². The summed E-state index contributed by atoms with van der Waals surface area (Å²) in [6.07, 6.45) is 2.57. The molecule has 0 aliphatic rings. The summed E-state index contributed by atoms with van der Waals surface area (Å²) >= 11 is 0. The number of pyridine rings is 1. The molecule has 0 saturated heterocycles. The first-order chi connectivity index (χ1) is 13.6. The Morgan fingerprint density at radius 2 is 1.71 bits per heavy atom. The molecule has 5 heteroatoms. The number of Topliss-reactive ketones (excluding diaryl/α,β-unsaturated/α-hetero) is 1. The minimum absolute atomic E-state index is 0.0209. The highest BCUT2D eigenvalue weighted by atomic mass is 16.5. The molecule has 1 N–H and O–H groups in total. The van der Waals surface area contributed by atoms with E-state index in [2.05, 4.69) is 10.3 Å². The largest absolute Gasteiger partial charge is 0.494 e. The van der Waals surface area contributed by atoms with Gasteiger partial charge in [-0.25, -0.2) is 4.98 Å². The lowest BCUT2D eigenvalue weighted by Gasteiger charge is -2.10. The number of hydrogen-bond donors (Lipinski definition) is 1. The molecule has 142 valence electrons. The molecule has 0 aliphatic heterocycles. The van der Waals surface area contributed by atoms with Crippen molar-refractivity contribution in [2.24, 2.45) is 0 Å². The number of hydrogen-bond acceptors (Lipinski definition) is 4. The molecule has 0 atom stereocenters. The predicted octanol–water partition coefficient (Wildman–Crippen LogP) is 4.75. The van der Waals surface area contributed by atoms with E-state index in [0.717, 1.165) is 11.1 Å². The quantitative estimate of drug-likeness (QED) is 0.456. The van der Waals surface area contributed by atoms with Crippen LogP contribution in [0.3, 0.4) is 0 Å². The lowest BCUT2D eigenvalue weighted by Crippen LogP contribution is -2.14. The van der Waals surface area contributed by atoms with Gasteiger partial charge < -0.3 is 10.1 Å². The first-order valence-corrected chi connectivity index (χ1v) is 9.17. The smallest absolute Gasteiger partial charge is 0.225 e. The van der Waals surface area contributed by atoms with Crippen molar-refractivity contribution in [3.05, 3.63) is 78.5 Å². The predicted molar refractivity (Wildman–Crippen MR) is 109 cm³/mol. The number of benzene rings is 2. The Morgan fingerprint density at radius 1 is 0.964 bits per heavy atom. The van der Waals surface area contributed by atoms with Crippen LogP contribution in [0.1, 0.15) is 30.1 Å². The molecular weight excluding hydrogens is 352 g/mol. The Morgan fingerprint density at radius 3 is 2.43 bits per heavy atom. The van der Waals surface area contributed by atoms with Crippen molar-refractivity contribution in [3.63, 3.8) is 0 Å². The van der Waals surface area contributed by atoms with Gasteiger partial charge in [0.1, 0.15) is 11.6 Å². The van der Waals surface area contributed by atoms with Crippen LogP contribution >= 0.6 is 0 Å². The third-order valence-electron chi connectivity index (χ3n) is 4.23. The highest BCUT2D eigenvalue weighted by Gasteiger charge is 2.09. The second-order valence-corrected chi connectivity index (χ2v) is 6.35. The monoisotopic (exact) mass is 374 g/mol. The minimum Gasteiger partial charge on any atom is -0.494 e. The molecule has 0 bridgehead atoms. The fraction of sp³-hybridized carbons (Fsp3) is 0.174. The molecule has 0 unspecified atom stereocenters. The topological polar surface area (TPSA) is 68.3 Å². The zero-order valence-electron chi connectivity index (χ0n) is 15.7. The van der Waals surface area contributed by atoms with Gasteiger partial charge in [-0.2, -0.15) is 0 Å². The number of aromatic nitrogens is 1. The summed E-state index contributed by atoms with van der Waals surface area (Å²) in [5.74, 6) is 1.15. The lowest BCUT2D eigenvalue weighted by molar-refractivity contribution is -0.116. The van der Waals surface area contributed by atoms with E-state index in [1.165, 1.54) is 6.92 Å². The normalized spacial score (nSPS) is 10.3. The lowest BCUT2D eigenvalue weighted by atomic mass is 10.1. The van der Waals surface area contributed by atoms with Gasteiger partial charge in [0.05, 0.1) is 6.61 Å². The van der Waals surface area contributed by atoms with Gasteiger partial charge in [0.15, 0.2) is 5.78 Å².